The van der Waals surface area contributed by atoms with Crippen LogP contribution in [0.15, 0.2) is 28.7 Å². The third-order valence-electron chi connectivity index (χ3n) is 3.38. The van der Waals surface area contributed by atoms with Gasteiger partial charge in [-0.25, -0.2) is 4.39 Å². The summed E-state index contributed by atoms with van der Waals surface area (Å²) in [5.41, 5.74) is 2.78. The summed E-state index contributed by atoms with van der Waals surface area (Å²) >= 11 is 3.28. The van der Waals surface area contributed by atoms with E-state index in [9.17, 15) is 4.39 Å². The Bertz CT molecular complexity index is 595. The van der Waals surface area contributed by atoms with Gasteiger partial charge in [0, 0.05) is 11.0 Å². The number of benzene rings is 1. The molecule has 1 aromatic heterocycles. The molecular formula is C15H19BrFN3. The molecule has 20 heavy (non-hydrogen) atoms. The Hall–Kier alpha value is -1.20. The molecule has 5 heteroatoms. The molecule has 3 nitrogen and oxygen atoms in total. The number of nitrogens with one attached hydrogen (secondary N) is 1. The number of aromatic nitrogens is 2. The Morgan fingerprint density at radius 2 is 2.15 bits per heavy atom. The summed E-state index contributed by atoms with van der Waals surface area (Å²) in [4.78, 5) is 0. The van der Waals surface area contributed by atoms with Gasteiger partial charge < -0.3 is 5.32 Å². The first-order valence-corrected chi connectivity index (χ1v) is 7.50. The molecule has 0 saturated carbocycles. The lowest BCUT2D eigenvalue weighted by molar-refractivity contribution is 0.501. The maximum atomic E-state index is 14.0. The van der Waals surface area contributed by atoms with E-state index in [4.69, 9.17) is 0 Å². The summed E-state index contributed by atoms with van der Waals surface area (Å²) in [5.74, 6) is -0.182. The van der Waals surface area contributed by atoms with Crippen molar-refractivity contribution in [3.05, 3.63) is 51.5 Å². The van der Waals surface area contributed by atoms with Crippen LogP contribution in [0.25, 0.3) is 0 Å². The maximum Gasteiger partial charge on any atom is 0.127 e. The van der Waals surface area contributed by atoms with Crippen LogP contribution in [0, 0.1) is 12.7 Å². The van der Waals surface area contributed by atoms with E-state index in [-0.39, 0.29) is 11.9 Å². The van der Waals surface area contributed by atoms with Gasteiger partial charge in [-0.3, -0.25) is 4.68 Å². The third kappa shape index (κ3) is 3.27. The van der Waals surface area contributed by atoms with E-state index in [0.29, 0.717) is 12.0 Å². The van der Waals surface area contributed by atoms with Crippen LogP contribution < -0.4 is 5.32 Å². The zero-order valence-corrected chi connectivity index (χ0v) is 13.5. The van der Waals surface area contributed by atoms with E-state index in [1.165, 1.54) is 6.07 Å². The normalized spacial score (nSPS) is 12.7. The lowest BCUT2D eigenvalue weighted by Crippen LogP contribution is -2.22. The highest BCUT2D eigenvalue weighted by Crippen LogP contribution is 2.23. The van der Waals surface area contributed by atoms with Crippen molar-refractivity contribution in [3.8, 4) is 0 Å². The van der Waals surface area contributed by atoms with Crippen LogP contribution in [0.4, 0.5) is 4.39 Å². The predicted octanol–water partition coefficient (Wildman–Crippen LogP) is 3.62. The van der Waals surface area contributed by atoms with Gasteiger partial charge in [0.2, 0.25) is 0 Å². The SMILES string of the molecule is CCn1nc(C)cc1C(Cc1ccc(Br)cc1F)NC. The van der Waals surface area contributed by atoms with Crippen molar-refractivity contribution in [2.75, 3.05) is 7.05 Å². The van der Waals surface area contributed by atoms with Crippen molar-refractivity contribution in [1.82, 2.24) is 15.1 Å². The minimum atomic E-state index is -0.182. The molecule has 1 aromatic carbocycles. The molecule has 1 heterocycles. The second-order valence-corrected chi connectivity index (χ2v) is 5.72. The molecular weight excluding hydrogens is 321 g/mol. The smallest absolute Gasteiger partial charge is 0.127 e. The summed E-state index contributed by atoms with van der Waals surface area (Å²) in [6.07, 6.45) is 0.598. The molecule has 0 saturated heterocycles. The van der Waals surface area contributed by atoms with Gasteiger partial charge in [0.15, 0.2) is 0 Å². The summed E-state index contributed by atoms with van der Waals surface area (Å²) < 4.78 is 16.7. The van der Waals surface area contributed by atoms with Gasteiger partial charge in [0.1, 0.15) is 5.82 Å². The molecule has 0 fully saturated rings. The second kappa shape index (κ2) is 6.50. The van der Waals surface area contributed by atoms with Gasteiger partial charge in [-0.05, 0) is 51.1 Å². The maximum absolute atomic E-state index is 14.0. The van der Waals surface area contributed by atoms with Crippen LogP contribution in [-0.4, -0.2) is 16.8 Å². The van der Waals surface area contributed by atoms with Gasteiger partial charge in [0.05, 0.1) is 17.4 Å². The molecule has 0 amide bonds. The van der Waals surface area contributed by atoms with Gasteiger partial charge in [-0.2, -0.15) is 5.10 Å². The Morgan fingerprint density at radius 3 is 2.75 bits per heavy atom. The summed E-state index contributed by atoms with van der Waals surface area (Å²) in [6, 6.07) is 7.30. The molecule has 108 valence electrons. The molecule has 2 rings (SSSR count). The van der Waals surface area contributed by atoms with E-state index in [1.807, 2.05) is 30.8 Å². The van der Waals surface area contributed by atoms with Crippen LogP contribution in [0.5, 0.6) is 0 Å². The number of nitrogens with zero attached hydrogens (tertiary/aromatic N) is 2. The average molecular weight is 340 g/mol. The molecule has 2 aromatic rings. The number of hydrogen-bond acceptors (Lipinski definition) is 2. The Morgan fingerprint density at radius 1 is 1.40 bits per heavy atom. The van der Waals surface area contributed by atoms with Gasteiger partial charge >= 0.3 is 0 Å². The Kier molecular flexibility index (Phi) is 4.94. The average Bonchev–Trinajstić information content (AvgIpc) is 2.79. The third-order valence-corrected chi connectivity index (χ3v) is 3.87. The zero-order chi connectivity index (χ0) is 14.7. The van der Waals surface area contributed by atoms with E-state index >= 15 is 0 Å². The van der Waals surface area contributed by atoms with Crippen molar-refractivity contribution in [1.29, 1.82) is 0 Å². The summed E-state index contributed by atoms with van der Waals surface area (Å²) in [6.45, 7) is 4.84. The fourth-order valence-corrected chi connectivity index (χ4v) is 2.69. The largest absolute Gasteiger partial charge is 0.311 e. The minimum absolute atomic E-state index is 0.0480. The van der Waals surface area contributed by atoms with Crippen molar-refractivity contribution >= 4 is 15.9 Å². The standard InChI is InChI=1S/C15H19BrFN3/c1-4-20-15(7-10(2)19-20)14(18-3)8-11-5-6-12(16)9-13(11)17/h5-7,9,14,18H,4,8H2,1-3H3. The number of likely N-dealkylation sites (N-methyl/N-ethyl adjacent to an activating group) is 1. The first kappa shape index (κ1) is 15.2. The lowest BCUT2D eigenvalue weighted by atomic mass is 10.0. The van der Waals surface area contributed by atoms with Gasteiger partial charge in [0.25, 0.3) is 0 Å². The zero-order valence-electron chi connectivity index (χ0n) is 12.0. The molecule has 0 aliphatic rings. The quantitative estimate of drug-likeness (QED) is 0.901. The fourth-order valence-electron chi connectivity index (χ4n) is 2.36. The van der Waals surface area contributed by atoms with E-state index in [2.05, 4.69) is 39.3 Å². The van der Waals surface area contributed by atoms with Crippen LogP contribution >= 0.6 is 15.9 Å². The first-order valence-electron chi connectivity index (χ1n) is 6.70. The highest BCUT2D eigenvalue weighted by Gasteiger charge is 2.17. The van der Waals surface area contributed by atoms with Crippen LogP contribution in [0.3, 0.4) is 0 Å². The van der Waals surface area contributed by atoms with Crippen molar-refractivity contribution < 1.29 is 4.39 Å². The Labute approximate surface area is 127 Å². The fraction of sp³-hybridized carbons (Fsp3) is 0.400. The van der Waals surface area contributed by atoms with E-state index in [0.717, 1.165) is 22.4 Å². The number of rotatable bonds is 5. The number of halogens is 2. The molecule has 0 spiro atoms. The summed E-state index contributed by atoms with van der Waals surface area (Å²) in [5, 5.41) is 7.71. The number of hydrogen-bond donors (Lipinski definition) is 1. The monoisotopic (exact) mass is 339 g/mol. The molecule has 1 unspecified atom stereocenters. The Balaban J connectivity index is 2.28. The molecule has 0 aliphatic heterocycles. The van der Waals surface area contributed by atoms with Crippen molar-refractivity contribution in [3.63, 3.8) is 0 Å². The van der Waals surface area contributed by atoms with Crippen LogP contribution in [-0.2, 0) is 13.0 Å². The highest BCUT2D eigenvalue weighted by molar-refractivity contribution is 9.10. The topological polar surface area (TPSA) is 29.9 Å². The van der Waals surface area contributed by atoms with Crippen molar-refractivity contribution in [2.45, 2.75) is 32.9 Å². The highest BCUT2D eigenvalue weighted by atomic mass is 79.9. The minimum Gasteiger partial charge on any atom is -0.311 e. The summed E-state index contributed by atoms with van der Waals surface area (Å²) in [7, 11) is 1.89. The van der Waals surface area contributed by atoms with Crippen LogP contribution in [0.2, 0.25) is 0 Å². The van der Waals surface area contributed by atoms with E-state index < -0.39 is 0 Å². The van der Waals surface area contributed by atoms with E-state index in [1.54, 1.807) is 0 Å². The van der Waals surface area contributed by atoms with Crippen molar-refractivity contribution in [2.24, 2.45) is 0 Å². The lowest BCUT2D eigenvalue weighted by Gasteiger charge is -2.18. The molecule has 0 radical (unpaired) electrons. The number of aryl methyl sites for hydroxylation is 2. The second-order valence-electron chi connectivity index (χ2n) is 4.81. The van der Waals surface area contributed by atoms with Gasteiger partial charge in [-0.1, -0.05) is 22.0 Å². The van der Waals surface area contributed by atoms with Crippen LogP contribution in [0.1, 0.15) is 29.9 Å². The van der Waals surface area contributed by atoms with Gasteiger partial charge in [-0.15, -0.1) is 0 Å². The predicted molar refractivity (Wildman–Crippen MR) is 82.2 cm³/mol. The molecule has 0 bridgehead atoms. The molecule has 1 N–H and O–H groups in total. The molecule has 1 atom stereocenters. The molecule has 0 aliphatic carbocycles. The first-order chi connectivity index (χ1) is 9.55.